The van der Waals surface area contributed by atoms with E-state index in [0.717, 1.165) is 5.56 Å². The Labute approximate surface area is 196 Å². The molecule has 0 bridgehead atoms. The lowest BCUT2D eigenvalue weighted by Gasteiger charge is -2.40. The quantitative estimate of drug-likeness (QED) is 0.400. The Morgan fingerprint density at radius 3 is 2.53 bits per heavy atom. The normalized spacial score (nSPS) is 15.7. The monoisotopic (exact) mass is 463 g/mol. The van der Waals surface area contributed by atoms with Crippen molar-refractivity contribution in [3.05, 3.63) is 76.1 Å². The third kappa shape index (κ3) is 4.90. The summed E-state index contributed by atoms with van der Waals surface area (Å²) in [5.74, 6) is 2.12. The van der Waals surface area contributed by atoms with Gasteiger partial charge in [0.2, 0.25) is 5.88 Å². The number of rotatable bonds is 6. The molecule has 2 heterocycles. The first-order valence-electron chi connectivity index (χ1n) is 10.8. The molecule has 1 saturated heterocycles. The molecule has 0 spiro atoms. The number of nitro benzene ring substituents is 1. The number of methoxy groups -OCH3 is 1. The molecule has 1 aromatic heterocycles. The fourth-order valence-corrected chi connectivity index (χ4v) is 3.89. The number of anilines is 1. The van der Waals surface area contributed by atoms with Crippen LogP contribution in [0.3, 0.4) is 0 Å². The van der Waals surface area contributed by atoms with Crippen molar-refractivity contribution >= 4 is 17.4 Å². The van der Waals surface area contributed by atoms with Gasteiger partial charge in [0.15, 0.2) is 11.5 Å². The summed E-state index contributed by atoms with van der Waals surface area (Å²) in [6.07, 6.45) is 1.45. The minimum absolute atomic E-state index is 0.0422. The first-order chi connectivity index (χ1) is 16.4. The molecule has 176 valence electrons. The Bertz CT molecular complexity index is 1200. The smallest absolute Gasteiger partial charge is 0.269 e. The molecule has 0 saturated carbocycles. The molecule has 0 radical (unpaired) electrons. The largest absolute Gasteiger partial charge is 0.493 e. The second-order valence-corrected chi connectivity index (χ2v) is 8.07. The van der Waals surface area contributed by atoms with E-state index in [9.17, 15) is 14.9 Å². The number of carbonyl (C=O) groups is 1. The van der Waals surface area contributed by atoms with Crippen LogP contribution in [0.25, 0.3) is 0 Å². The molecular formula is C24H25N5O5. The van der Waals surface area contributed by atoms with Crippen LogP contribution in [0.15, 0.2) is 54.9 Å². The van der Waals surface area contributed by atoms with Gasteiger partial charge in [-0.1, -0.05) is 6.07 Å². The molecule has 34 heavy (non-hydrogen) atoms. The number of piperazine rings is 1. The highest BCUT2D eigenvalue weighted by molar-refractivity contribution is 5.94. The maximum Gasteiger partial charge on any atom is 0.269 e. The Hall–Kier alpha value is -4.21. The lowest BCUT2D eigenvalue weighted by atomic mass is 10.1. The number of nitro groups is 1. The van der Waals surface area contributed by atoms with Crippen LogP contribution in [-0.2, 0) is 0 Å². The lowest BCUT2D eigenvalue weighted by molar-refractivity contribution is -0.384. The number of amides is 1. The summed E-state index contributed by atoms with van der Waals surface area (Å²) >= 11 is 0. The van der Waals surface area contributed by atoms with Crippen molar-refractivity contribution in [3.8, 4) is 17.4 Å². The molecule has 1 aliphatic rings. The van der Waals surface area contributed by atoms with Crippen molar-refractivity contribution in [2.45, 2.75) is 19.9 Å². The van der Waals surface area contributed by atoms with E-state index in [0.29, 0.717) is 48.4 Å². The van der Waals surface area contributed by atoms with Crippen LogP contribution in [0.4, 0.5) is 11.5 Å². The summed E-state index contributed by atoms with van der Waals surface area (Å²) in [6.45, 7) is 5.58. The lowest BCUT2D eigenvalue weighted by Crippen LogP contribution is -2.54. The van der Waals surface area contributed by atoms with E-state index in [4.69, 9.17) is 9.47 Å². The van der Waals surface area contributed by atoms with Crippen LogP contribution >= 0.6 is 0 Å². The number of aromatic nitrogens is 2. The van der Waals surface area contributed by atoms with E-state index < -0.39 is 4.92 Å². The summed E-state index contributed by atoms with van der Waals surface area (Å²) in [6, 6.07) is 13.0. The molecule has 0 N–H and O–H groups in total. The predicted molar refractivity (Wildman–Crippen MR) is 126 cm³/mol. The molecule has 0 unspecified atom stereocenters. The first kappa shape index (κ1) is 23.0. The molecule has 10 nitrogen and oxygen atoms in total. The van der Waals surface area contributed by atoms with Gasteiger partial charge in [-0.15, -0.1) is 0 Å². The first-order valence-corrected chi connectivity index (χ1v) is 10.8. The van der Waals surface area contributed by atoms with Gasteiger partial charge >= 0.3 is 0 Å². The molecule has 4 rings (SSSR count). The Balaban J connectivity index is 1.44. The van der Waals surface area contributed by atoms with Crippen LogP contribution < -0.4 is 14.4 Å². The summed E-state index contributed by atoms with van der Waals surface area (Å²) in [5, 5.41) is 10.9. The van der Waals surface area contributed by atoms with Gasteiger partial charge in [0.05, 0.1) is 12.0 Å². The van der Waals surface area contributed by atoms with Crippen LogP contribution in [0.2, 0.25) is 0 Å². The molecule has 1 amide bonds. The van der Waals surface area contributed by atoms with Crippen LogP contribution in [0.1, 0.15) is 22.8 Å². The summed E-state index contributed by atoms with van der Waals surface area (Å²) in [7, 11) is 1.59. The van der Waals surface area contributed by atoms with E-state index in [2.05, 4.69) is 14.9 Å². The third-order valence-electron chi connectivity index (χ3n) is 5.70. The van der Waals surface area contributed by atoms with Crippen molar-refractivity contribution in [1.29, 1.82) is 0 Å². The second kappa shape index (κ2) is 9.74. The van der Waals surface area contributed by atoms with Gasteiger partial charge in [-0.3, -0.25) is 14.9 Å². The van der Waals surface area contributed by atoms with E-state index >= 15 is 0 Å². The van der Waals surface area contributed by atoms with Gasteiger partial charge in [0.25, 0.3) is 11.6 Å². The SMILES string of the molecule is COc1cc(C)ccc1Oc1cc(N2CCN(C(=O)c3ccc([N+](=O)[O-])cc3)[C@@H](C)C2)ncn1. The molecular weight excluding hydrogens is 438 g/mol. The number of hydrogen-bond acceptors (Lipinski definition) is 8. The summed E-state index contributed by atoms with van der Waals surface area (Å²) in [4.78, 5) is 35.8. The highest BCUT2D eigenvalue weighted by Crippen LogP contribution is 2.32. The number of non-ortho nitro benzene ring substituents is 1. The third-order valence-corrected chi connectivity index (χ3v) is 5.70. The highest BCUT2D eigenvalue weighted by Gasteiger charge is 2.29. The average Bonchev–Trinajstić information content (AvgIpc) is 2.85. The van der Waals surface area contributed by atoms with E-state index in [1.807, 2.05) is 32.0 Å². The molecule has 1 fully saturated rings. The Kier molecular flexibility index (Phi) is 6.58. The van der Waals surface area contributed by atoms with Crippen molar-refractivity contribution in [1.82, 2.24) is 14.9 Å². The van der Waals surface area contributed by atoms with E-state index in [-0.39, 0.29) is 17.6 Å². The fraction of sp³-hybridized carbons (Fsp3) is 0.292. The molecule has 1 atom stereocenters. The van der Waals surface area contributed by atoms with Crippen LogP contribution in [0, 0.1) is 17.0 Å². The summed E-state index contributed by atoms with van der Waals surface area (Å²) in [5.41, 5.74) is 1.44. The zero-order valence-electron chi connectivity index (χ0n) is 19.2. The second-order valence-electron chi connectivity index (χ2n) is 8.07. The molecule has 0 aliphatic carbocycles. The standard InChI is InChI=1S/C24H25N5O5/c1-16-4-9-20(21(12-16)33-3)34-23-13-22(25-15-26-23)27-10-11-28(17(2)14-27)24(30)18-5-7-19(8-6-18)29(31)32/h4-9,12-13,15,17H,10-11,14H2,1-3H3/t17-/m0/s1. The van der Waals surface area contributed by atoms with Crippen LogP contribution in [-0.4, -0.2) is 58.5 Å². The zero-order valence-corrected chi connectivity index (χ0v) is 19.2. The highest BCUT2D eigenvalue weighted by atomic mass is 16.6. The Morgan fingerprint density at radius 2 is 1.85 bits per heavy atom. The number of nitrogens with zero attached hydrogens (tertiary/aromatic N) is 5. The molecule has 2 aromatic carbocycles. The van der Waals surface area contributed by atoms with Gasteiger partial charge in [0.1, 0.15) is 12.1 Å². The van der Waals surface area contributed by atoms with E-state index in [1.54, 1.807) is 18.1 Å². The molecule has 10 heteroatoms. The maximum atomic E-state index is 13.0. The van der Waals surface area contributed by atoms with Gasteiger partial charge in [-0.2, -0.15) is 0 Å². The van der Waals surface area contributed by atoms with Crippen molar-refractivity contribution in [2.24, 2.45) is 0 Å². The number of carbonyl (C=O) groups excluding carboxylic acids is 1. The fourth-order valence-electron chi connectivity index (χ4n) is 3.89. The van der Waals surface area contributed by atoms with Crippen molar-refractivity contribution in [2.75, 3.05) is 31.6 Å². The van der Waals surface area contributed by atoms with Crippen molar-refractivity contribution < 1.29 is 19.2 Å². The molecule has 1 aliphatic heterocycles. The minimum atomic E-state index is -0.482. The zero-order chi connectivity index (χ0) is 24.2. The van der Waals surface area contributed by atoms with Gasteiger partial charge in [-0.25, -0.2) is 9.97 Å². The predicted octanol–water partition coefficient (Wildman–Crippen LogP) is 3.85. The Morgan fingerprint density at radius 1 is 1.09 bits per heavy atom. The van der Waals surface area contributed by atoms with Gasteiger partial charge in [-0.05, 0) is 43.7 Å². The number of ether oxygens (including phenoxy) is 2. The number of benzene rings is 2. The maximum absolute atomic E-state index is 13.0. The topological polar surface area (TPSA) is 111 Å². The van der Waals surface area contributed by atoms with Crippen LogP contribution in [0.5, 0.6) is 17.4 Å². The van der Waals surface area contributed by atoms with Gasteiger partial charge in [0, 0.05) is 49.4 Å². The average molecular weight is 463 g/mol. The summed E-state index contributed by atoms with van der Waals surface area (Å²) < 4.78 is 11.3. The minimum Gasteiger partial charge on any atom is -0.493 e. The number of hydrogen-bond donors (Lipinski definition) is 0. The molecule has 3 aromatic rings. The van der Waals surface area contributed by atoms with Gasteiger partial charge < -0.3 is 19.3 Å². The number of aryl methyl sites for hydroxylation is 1. The van der Waals surface area contributed by atoms with E-state index in [1.165, 1.54) is 30.6 Å². The van der Waals surface area contributed by atoms with Crippen molar-refractivity contribution in [3.63, 3.8) is 0 Å².